The minimum atomic E-state index is -0.219. The van der Waals surface area contributed by atoms with Crippen molar-refractivity contribution in [3.8, 4) is 0 Å². The van der Waals surface area contributed by atoms with Crippen LogP contribution in [-0.4, -0.2) is 26.9 Å². The summed E-state index contributed by atoms with van der Waals surface area (Å²) < 4.78 is 0. The Morgan fingerprint density at radius 2 is 2.05 bits per heavy atom. The van der Waals surface area contributed by atoms with Crippen molar-refractivity contribution in [1.82, 2.24) is 20.3 Å². The molecule has 0 aliphatic heterocycles. The molecule has 1 amide bonds. The second-order valence-corrected chi connectivity index (χ2v) is 4.59. The quantitative estimate of drug-likeness (QED) is 0.864. The Labute approximate surface area is 117 Å². The number of nitrogens with one attached hydrogen (secondary N) is 2. The van der Waals surface area contributed by atoms with Crippen LogP contribution in [-0.2, 0) is 6.54 Å². The lowest BCUT2D eigenvalue weighted by atomic mass is 10.3. The maximum Gasteiger partial charge on any atom is 0.271 e. The first-order chi connectivity index (χ1) is 9.65. The minimum absolute atomic E-state index is 0.0752. The molecule has 0 aliphatic rings. The molecule has 0 saturated heterocycles. The van der Waals surface area contributed by atoms with Crippen LogP contribution < -0.4 is 10.6 Å². The predicted octanol–water partition coefficient (Wildman–Crippen LogP) is 1.62. The first-order valence-electron chi connectivity index (χ1n) is 6.42. The molecular weight excluding hydrogens is 254 g/mol. The van der Waals surface area contributed by atoms with Gasteiger partial charge in [0.2, 0.25) is 0 Å². The number of carbonyl (C=O) groups excluding carboxylic acids is 1. The molecular formula is C14H17N5O. The van der Waals surface area contributed by atoms with Crippen LogP contribution in [0.15, 0.2) is 36.8 Å². The standard InChI is InChI=1S/C14H17N5O/c1-10(2)19-14(20)12-8-18-13(9-16-12)17-7-11-5-3-4-6-15-11/h3-6,8-10H,7H2,1-2H3,(H,17,18)(H,19,20). The molecule has 0 bridgehead atoms. The summed E-state index contributed by atoms with van der Waals surface area (Å²) in [6.45, 7) is 4.36. The van der Waals surface area contributed by atoms with Crippen LogP contribution in [0.5, 0.6) is 0 Å². The molecule has 6 heteroatoms. The third-order valence-corrected chi connectivity index (χ3v) is 2.48. The van der Waals surface area contributed by atoms with Gasteiger partial charge in [0.15, 0.2) is 0 Å². The molecule has 2 heterocycles. The number of hydrogen-bond acceptors (Lipinski definition) is 5. The number of anilines is 1. The summed E-state index contributed by atoms with van der Waals surface area (Å²) in [5.41, 5.74) is 1.22. The fraction of sp³-hybridized carbons (Fsp3) is 0.286. The van der Waals surface area contributed by atoms with E-state index in [4.69, 9.17) is 0 Å². The lowest BCUT2D eigenvalue weighted by Crippen LogP contribution is -2.30. The van der Waals surface area contributed by atoms with Crippen LogP contribution in [0.2, 0.25) is 0 Å². The molecule has 2 aromatic rings. The maximum absolute atomic E-state index is 11.7. The predicted molar refractivity (Wildman–Crippen MR) is 76.2 cm³/mol. The molecule has 0 atom stereocenters. The Hall–Kier alpha value is -2.50. The fourth-order valence-corrected chi connectivity index (χ4v) is 1.56. The number of nitrogens with zero attached hydrogens (tertiary/aromatic N) is 3. The van der Waals surface area contributed by atoms with Crippen LogP contribution >= 0.6 is 0 Å². The summed E-state index contributed by atoms with van der Waals surface area (Å²) in [6, 6.07) is 5.79. The lowest BCUT2D eigenvalue weighted by Gasteiger charge is -2.08. The van der Waals surface area contributed by atoms with Crippen molar-refractivity contribution in [1.29, 1.82) is 0 Å². The van der Waals surface area contributed by atoms with E-state index in [0.29, 0.717) is 18.1 Å². The molecule has 6 nitrogen and oxygen atoms in total. The van der Waals surface area contributed by atoms with E-state index < -0.39 is 0 Å². The molecule has 0 spiro atoms. The van der Waals surface area contributed by atoms with E-state index in [1.165, 1.54) is 12.4 Å². The smallest absolute Gasteiger partial charge is 0.271 e. The van der Waals surface area contributed by atoms with Crippen molar-refractivity contribution < 1.29 is 4.79 Å². The highest BCUT2D eigenvalue weighted by Crippen LogP contribution is 2.04. The van der Waals surface area contributed by atoms with Gasteiger partial charge >= 0.3 is 0 Å². The molecule has 0 radical (unpaired) electrons. The maximum atomic E-state index is 11.7. The van der Waals surface area contributed by atoms with Crippen molar-refractivity contribution in [2.24, 2.45) is 0 Å². The number of hydrogen-bond donors (Lipinski definition) is 2. The molecule has 0 fully saturated rings. The van der Waals surface area contributed by atoms with Gasteiger partial charge in [0.25, 0.3) is 5.91 Å². The van der Waals surface area contributed by atoms with Gasteiger partial charge in [-0.1, -0.05) is 6.07 Å². The second-order valence-electron chi connectivity index (χ2n) is 4.59. The summed E-state index contributed by atoms with van der Waals surface area (Å²) in [5.74, 6) is 0.389. The van der Waals surface area contributed by atoms with Crippen LogP contribution in [0.1, 0.15) is 30.0 Å². The first-order valence-corrected chi connectivity index (χ1v) is 6.42. The molecule has 2 rings (SSSR count). The van der Waals surface area contributed by atoms with Gasteiger partial charge in [-0.25, -0.2) is 9.97 Å². The molecule has 20 heavy (non-hydrogen) atoms. The Morgan fingerprint density at radius 3 is 2.65 bits per heavy atom. The third-order valence-electron chi connectivity index (χ3n) is 2.48. The Morgan fingerprint density at radius 1 is 1.20 bits per heavy atom. The Balaban J connectivity index is 1.93. The summed E-state index contributed by atoms with van der Waals surface area (Å²) in [5, 5.41) is 5.86. The van der Waals surface area contributed by atoms with E-state index in [2.05, 4.69) is 25.6 Å². The number of pyridine rings is 1. The summed E-state index contributed by atoms with van der Waals surface area (Å²) in [6.07, 6.45) is 4.73. The number of amides is 1. The van der Waals surface area contributed by atoms with E-state index in [1.807, 2.05) is 32.0 Å². The van der Waals surface area contributed by atoms with Crippen LogP contribution in [0.3, 0.4) is 0 Å². The van der Waals surface area contributed by atoms with Gasteiger partial charge in [0.05, 0.1) is 24.6 Å². The van der Waals surface area contributed by atoms with Gasteiger partial charge in [-0.15, -0.1) is 0 Å². The Kier molecular flexibility index (Phi) is 4.60. The van der Waals surface area contributed by atoms with Gasteiger partial charge in [-0.05, 0) is 26.0 Å². The highest BCUT2D eigenvalue weighted by Gasteiger charge is 2.08. The number of rotatable bonds is 5. The van der Waals surface area contributed by atoms with Crippen molar-refractivity contribution in [3.05, 3.63) is 48.2 Å². The summed E-state index contributed by atoms with van der Waals surface area (Å²) in [4.78, 5) is 24.1. The van der Waals surface area contributed by atoms with Gasteiger partial charge in [-0.3, -0.25) is 9.78 Å². The van der Waals surface area contributed by atoms with Crippen LogP contribution in [0.25, 0.3) is 0 Å². The summed E-state index contributed by atoms with van der Waals surface area (Å²) in [7, 11) is 0. The zero-order valence-electron chi connectivity index (χ0n) is 11.5. The topological polar surface area (TPSA) is 79.8 Å². The SMILES string of the molecule is CC(C)NC(=O)c1cnc(NCc2ccccn2)cn1. The van der Waals surface area contributed by atoms with Crippen molar-refractivity contribution in [2.75, 3.05) is 5.32 Å². The molecule has 2 N–H and O–H groups in total. The molecule has 0 unspecified atom stereocenters. The van der Waals surface area contributed by atoms with Crippen molar-refractivity contribution >= 4 is 11.7 Å². The average molecular weight is 271 g/mol. The highest BCUT2D eigenvalue weighted by atomic mass is 16.1. The zero-order chi connectivity index (χ0) is 14.4. The molecule has 0 aromatic carbocycles. The van der Waals surface area contributed by atoms with E-state index in [-0.39, 0.29) is 11.9 Å². The van der Waals surface area contributed by atoms with E-state index >= 15 is 0 Å². The van der Waals surface area contributed by atoms with Gasteiger partial charge in [0, 0.05) is 12.2 Å². The number of carbonyl (C=O) groups is 1. The fourth-order valence-electron chi connectivity index (χ4n) is 1.56. The average Bonchev–Trinajstić information content (AvgIpc) is 2.46. The van der Waals surface area contributed by atoms with Gasteiger partial charge in [-0.2, -0.15) is 0 Å². The molecule has 0 saturated carbocycles. The Bertz CT molecular complexity index is 554. The number of aromatic nitrogens is 3. The van der Waals surface area contributed by atoms with E-state index in [0.717, 1.165) is 5.69 Å². The van der Waals surface area contributed by atoms with E-state index in [1.54, 1.807) is 6.20 Å². The monoisotopic (exact) mass is 271 g/mol. The van der Waals surface area contributed by atoms with Crippen molar-refractivity contribution in [2.45, 2.75) is 26.4 Å². The molecule has 2 aromatic heterocycles. The van der Waals surface area contributed by atoms with E-state index in [9.17, 15) is 4.79 Å². The largest absolute Gasteiger partial charge is 0.363 e. The molecule has 104 valence electrons. The zero-order valence-corrected chi connectivity index (χ0v) is 11.5. The lowest BCUT2D eigenvalue weighted by molar-refractivity contribution is 0.0937. The van der Waals surface area contributed by atoms with Gasteiger partial charge < -0.3 is 10.6 Å². The van der Waals surface area contributed by atoms with Crippen molar-refractivity contribution in [3.63, 3.8) is 0 Å². The third kappa shape index (κ3) is 4.01. The first kappa shape index (κ1) is 13.9. The van der Waals surface area contributed by atoms with Gasteiger partial charge in [0.1, 0.15) is 11.5 Å². The normalized spacial score (nSPS) is 10.3. The highest BCUT2D eigenvalue weighted by molar-refractivity contribution is 5.92. The second kappa shape index (κ2) is 6.60. The minimum Gasteiger partial charge on any atom is -0.363 e. The molecule has 0 aliphatic carbocycles. The summed E-state index contributed by atoms with van der Waals surface area (Å²) >= 11 is 0. The van der Waals surface area contributed by atoms with Crippen LogP contribution in [0.4, 0.5) is 5.82 Å². The van der Waals surface area contributed by atoms with Crippen LogP contribution in [0, 0.1) is 0 Å².